The zero-order valence-electron chi connectivity index (χ0n) is 12.4. The van der Waals surface area contributed by atoms with Crippen LogP contribution in [0, 0.1) is 6.92 Å². The van der Waals surface area contributed by atoms with Gasteiger partial charge in [0.2, 0.25) is 0 Å². The largest absolute Gasteiger partial charge is 0.390 e. The maximum atomic E-state index is 10.3. The summed E-state index contributed by atoms with van der Waals surface area (Å²) < 4.78 is 13.9. The maximum Gasteiger partial charge on any atom is 0.164 e. The van der Waals surface area contributed by atoms with E-state index >= 15 is 0 Å². The van der Waals surface area contributed by atoms with Crippen LogP contribution >= 0.6 is 0 Å². The zero-order valence-corrected chi connectivity index (χ0v) is 12.4. The lowest BCUT2D eigenvalue weighted by molar-refractivity contribution is -0.165. The number of aromatic nitrogens is 3. The van der Waals surface area contributed by atoms with E-state index in [0.717, 1.165) is 16.7 Å². The molecule has 6 nitrogen and oxygen atoms in total. The molecule has 1 saturated heterocycles. The van der Waals surface area contributed by atoms with Crippen molar-refractivity contribution in [2.24, 2.45) is 0 Å². The number of aliphatic hydroxyl groups is 1. The fraction of sp³-hybridized carbons (Fsp3) is 0.600. The van der Waals surface area contributed by atoms with Gasteiger partial charge in [0.25, 0.3) is 0 Å². The summed E-state index contributed by atoms with van der Waals surface area (Å²) >= 11 is 0. The standard InChI is InChI=1S/C15H19N3O3/c1-8-9-4-5-18(14(9)17-7-16-8)10-6-11(19)13-12(10)20-15(2,3)21-13/h4-5,7,10-13,19H,6H2,1-3H3/t10-,11+,12?,13-/m1/s1. The van der Waals surface area contributed by atoms with E-state index in [2.05, 4.69) is 14.5 Å². The van der Waals surface area contributed by atoms with Crippen molar-refractivity contribution in [3.63, 3.8) is 0 Å². The average molecular weight is 289 g/mol. The molecular weight excluding hydrogens is 270 g/mol. The second kappa shape index (κ2) is 4.25. The summed E-state index contributed by atoms with van der Waals surface area (Å²) in [6.45, 7) is 5.74. The highest BCUT2D eigenvalue weighted by Gasteiger charge is 2.54. The molecule has 1 aliphatic heterocycles. The van der Waals surface area contributed by atoms with Crippen molar-refractivity contribution < 1.29 is 14.6 Å². The normalized spacial score (nSPS) is 34.5. The third-order valence-corrected chi connectivity index (χ3v) is 4.47. The number of hydrogen-bond donors (Lipinski definition) is 1. The smallest absolute Gasteiger partial charge is 0.164 e. The lowest BCUT2D eigenvalue weighted by Crippen LogP contribution is -2.28. The van der Waals surface area contributed by atoms with Crippen molar-refractivity contribution in [2.45, 2.75) is 57.3 Å². The SMILES string of the molecule is Cc1ncnc2c1ccn2[C@@H]1C[C@H](O)[C@H]2OC(C)(C)OC12. The van der Waals surface area contributed by atoms with Crippen LogP contribution in [0.1, 0.15) is 32.0 Å². The van der Waals surface area contributed by atoms with Gasteiger partial charge in [-0.15, -0.1) is 0 Å². The van der Waals surface area contributed by atoms with Crippen LogP contribution in [-0.2, 0) is 9.47 Å². The summed E-state index contributed by atoms with van der Waals surface area (Å²) in [5.74, 6) is -0.650. The molecular formula is C15H19N3O3. The first-order valence-corrected chi connectivity index (χ1v) is 7.28. The van der Waals surface area contributed by atoms with Crippen molar-refractivity contribution in [3.05, 3.63) is 24.3 Å². The van der Waals surface area contributed by atoms with Crippen molar-refractivity contribution in [3.8, 4) is 0 Å². The zero-order chi connectivity index (χ0) is 14.8. The Balaban J connectivity index is 1.77. The van der Waals surface area contributed by atoms with Gasteiger partial charge in [0.1, 0.15) is 24.2 Å². The van der Waals surface area contributed by atoms with E-state index in [1.54, 1.807) is 6.33 Å². The molecule has 0 spiro atoms. The molecule has 1 saturated carbocycles. The quantitative estimate of drug-likeness (QED) is 0.863. The molecule has 2 aromatic heterocycles. The Morgan fingerprint density at radius 3 is 2.86 bits per heavy atom. The highest BCUT2D eigenvalue weighted by atomic mass is 16.8. The minimum atomic E-state index is -0.650. The Labute approximate surface area is 122 Å². The maximum absolute atomic E-state index is 10.3. The van der Waals surface area contributed by atoms with Gasteiger partial charge in [-0.3, -0.25) is 0 Å². The van der Waals surface area contributed by atoms with Crippen LogP contribution in [0.2, 0.25) is 0 Å². The highest BCUT2D eigenvalue weighted by molar-refractivity contribution is 5.78. The van der Waals surface area contributed by atoms with Gasteiger partial charge >= 0.3 is 0 Å². The van der Waals surface area contributed by atoms with Crippen molar-refractivity contribution in [2.75, 3.05) is 0 Å². The van der Waals surface area contributed by atoms with Crippen LogP contribution in [0.15, 0.2) is 18.6 Å². The summed E-state index contributed by atoms with van der Waals surface area (Å²) in [6, 6.07) is 2.05. The molecule has 0 radical (unpaired) electrons. The van der Waals surface area contributed by atoms with Crippen molar-refractivity contribution in [1.82, 2.24) is 14.5 Å². The van der Waals surface area contributed by atoms with E-state index in [1.165, 1.54) is 0 Å². The van der Waals surface area contributed by atoms with Gasteiger partial charge in [-0.05, 0) is 33.3 Å². The van der Waals surface area contributed by atoms with Gasteiger partial charge in [-0.1, -0.05) is 0 Å². The number of rotatable bonds is 1. The first-order chi connectivity index (χ1) is 9.96. The number of hydrogen-bond acceptors (Lipinski definition) is 5. The number of fused-ring (bicyclic) bond motifs is 2. The molecule has 21 heavy (non-hydrogen) atoms. The number of ether oxygens (including phenoxy) is 2. The van der Waals surface area contributed by atoms with Crippen LogP contribution in [0.25, 0.3) is 11.0 Å². The molecule has 1 unspecified atom stereocenters. The van der Waals surface area contributed by atoms with Gasteiger partial charge in [0.15, 0.2) is 5.79 Å². The van der Waals surface area contributed by atoms with E-state index in [0.29, 0.717) is 6.42 Å². The first kappa shape index (κ1) is 13.2. The topological polar surface area (TPSA) is 69.4 Å². The third-order valence-electron chi connectivity index (χ3n) is 4.47. The van der Waals surface area contributed by atoms with Crippen molar-refractivity contribution >= 4 is 11.0 Å². The predicted molar refractivity (Wildman–Crippen MR) is 75.8 cm³/mol. The van der Waals surface area contributed by atoms with E-state index in [4.69, 9.17) is 9.47 Å². The van der Waals surface area contributed by atoms with Gasteiger partial charge < -0.3 is 19.1 Å². The molecule has 2 aromatic rings. The predicted octanol–water partition coefficient (Wildman–Crippen LogP) is 1.57. The third kappa shape index (κ3) is 1.90. The molecule has 112 valence electrons. The Kier molecular flexibility index (Phi) is 2.67. The summed E-state index contributed by atoms with van der Waals surface area (Å²) in [4.78, 5) is 8.62. The first-order valence-electron chi connectivity index (χ1n) is 7.28. The second-order valence-electron chi connectivity index (χ2n) is 6.35. The van der Waals surface area contributed by atoms with Crippen LogP contribution < -0.4 is 0 Å². The fourth-order valence-corrected chi connectivity index (χ4v) is 3.56. The van der Waals surface area contributed by atoms with E-state index in [9.17, 15) is 5.11 Å². The molecule has 1 aliphatic carbocycles. The fourth-order valence-electron chi connectivity index (χ4n) is 3.56. The monoisotopic (exact) mass is 289 g/mol. The lowest BCUT2D eigenvalue weighted by Gasteiger charge is -2.23. The Morgan fingerprint density at radius 1 is 1.29 bits per heavy atom. The minimum Gasteiger partial charge on any atom is -0.390 e. The summed E-state index contributed by atoms with van der Waals surface area (Å²) in [5.41, 5.74) is 1.84. The lowest BCUT2D eigenvalue weighted by atomic mass is 10.2. The second-order valence-corrected chi connectivity index (χ2v) is 6.35. The molecule has 1 N–H and O–H groups in total. The molecule has 6 heteroatoms. The highest BCUT2D eigenvalue weighted by Crippen LogP contribution is 2.44. The Bertz CT molecular complexity index is 697. The Hall–Kier alpha value is -1.50. The molecule has 4 rings (SSSR count). The summed E-state index contributed by atoms with van der Waals surface area (Å²) in [6.07, 6.45) is 3.25. The van der Waals surface area contributed by atoms with E-state index in [-0.39, 0.29) is 18.2 Å². The van der Waals surface area contributed by atoms with Crippen LogP contribution in [0.3, 0.4) is 0 Å². The van der Waals surface area contributed by atoms with E-state index in [1.807, 2.05) is 33.0 Å². The number of aryl methyl sites for hydroxylation is 1. The van der Waals surface area contributed by atoms with E-state index < -0.39 is 11.9 Å². The van der Waals surface area contributed by atoms with Gasteiger partial charge in [0.05, 0.1) is 17.8 Å². The summed E-state index contributed by atoms with van der Waals surface area (Å²) in [5, 5.41) is 11.3. The minimum absolute atomic E-state index is 0.0265. The van der Waals surface area contributed by atoms with Crippen LogP contribution in [0.5, 0.6) is 0 Å². The van der Waals surface area contributed by atoms with Crippen LogP contribution in [0.4, 0.5) is 0 Å². The number of nitrogens with zero attached hydrogens (tertiary/aromatic N) is 3. The molecule has 0 amide bonds. The molecule has 3 heterocycles. The molecule has 0 bridgehead atoms. The van der Waals surface area contributed by atoms with Gasteiger partial charge in [-0.2, -0.15) is 0 Å². The summed E-state index contributed by atoms with van der Waals surface area (Å²) in [7, 11) is 0. The average Bonchev–Trinajstić information content (AvgIpc) is 3.04. The van der Waals surface area contributed by atoms with Crippen molar-refractivity contribution in [1.29, 1.82) is 0 Å². The van der Waals surface area contributed by atoms with Gasteiger partial charge in [-0.25, -0.2) is 9.97 Å². The Morgan fingerprint density at radius 2 is 2.05 bits per heavy atom. The van der Waals surface area contributed by atoms with Gasteiger partial charge in [0, 0.05) is 11.6 Å². The number of aliphatic hydroxyl groups excluding tert-OH is 1. The molecule has 0 aromatic carbocycles. The molecule has 2 aliphatic rings. The molecule has 2 fully saturated rings. The molecule has 4 atom stereocenters. The van der Waals surface area contributed by atoms with Crippen LogP contribution in [-0.4, -0.2) is 43.7 Å².